The summed E-state index contributed by atoms with van der Waals surface area (Å²) in [5.74, 6) is 0.806. The fourth-order valence-corrected chi connectivity index (χ4v) is 2.83. The molecule has 2 N–H and O–H groups in total. The molecular weight excluding hydrogens is 210 g/mol. The van der Waals surface area contributed by atoms with Gasteiger partial charge in [-0.05, 0) is 43.9 Å². The predicted molar refractivity (Wildman–Crippen MR) is 70.6 cm³/mol. The highest BCUT2D eigenvalue weighted by Crippen LogP contribution is 2.29. The minimum atomic E-state index is 0.421. The van der Waals surface area contributed by atoms with Crippen LogP contribution in [-0.4, -0.2) is 29.0 Å². The summed E-state index contributed by atoms with van der Waals surface area (Å²) in [6.45, 7) is 6.50. The third-order valence-corrected chi connectivity index (χ3v) is 3.96. The van der Waals surface area contributed by atoms with Crippen molar-refractivity contribution < 1.29 is 0 Å². The largest absolute Gasteiger partial charge is 0.329 e. The molecule has 17 heavy (non-hydrogen) atoms. The summed E-state index contributed by atoms with van der Waals surface area (Å²) in [6, 6.07) is 5.11. The summed E-state index contributed by atoms with van der Waals surface area (Å²) in [5.41, 5.74) is 7.21. The number of nitrogens with two attached hydrogens (primary N) is 1. The van der Waals surface area contributed by atoms with Gasteiger partial charge < -0.3 is 5.73 Å². The fourth-order valence-electron chi connectivity index (χ4n) is 2.83. The lowest BCUT2D eigenvalue weighted by Crippen LogP contribution is -2.47. The zero-order valence-electron chi connectivity index (χ0n) is 10.8. The lowest BCUT2D eigenvalue weighted by Gasteiger charge is -2.41. The molecule has 0 aromatic carbocycles. The Morgan fingerprint density at radius 2 is 2.41 bits per heavy atom. The highest BCUT2D eigenvalue weighted by atomic mass is 15.2. The Morgan fingerprint density at radius 3 is 3.06 bits per heavy atom. The normalized spacial score (nSPS) is 27.9. The molecule has 94 valence electrons. The maximum Gasteiger partial charge on any atom is 0.0338 e. The van der Waals surface area contributed by atoms with Crippen molar-refractivity contribution in [3.8, 4) is 0 Å². The van der Waals surface area contributed by atoms with Crippen LogP contribution in [0.15, 0.2) is 24.5 Å². The summed E-state index contributed by atoms with van der Waals surface area (Å²) < 4.78 is 0. The van der Waals surface area contributed by atoms with E-state index in [-0.39, 0.29) is 0 Å². The second-order valence-electron chi connectivity index (χ2n) is 5.22. The molecule has 1 fully saturated rings. The summed E-state index contributed by atoms with van der Waals surface area (Å²) in [7, 11) is 0. The Kier molecular flexibility index (Phi) is 4.13. The average Bonchev–Trinajstić information content (AvgIpc) is 2.39. The zero-order valence-corrected chi connectivity index (χ0v) is 10.8. The molecule has 3 atom stereocenters. The first-order valence-electron chi connectivity index (χ1n) is 6.58. The van der Waals surface area contributed by atoms with E-state index in [1.807, 2.05) is 18.5 Å². The molecule has 3 heteroatoms. The van der Waals surface area contributed by atoms with Crippen LogP contribution in [0.4, 0.5) is 0 Å². The highest BCUT2D eigenvalue weighted by molar-refractivity contribution is 5.13. The first kappa shape index (κ1) is 12.5. The Balaban J connectivity index is 2.10. The van der Waals surface area contributed by atoms with Gasteiger partial charge in [0.1, 0.15) is 0 Å². The van der Waals surface area contributed by atoms with Crippen LogP contribution in [0.2, 0.25) is 0 Å². The van der Waals surface area contributed by atoms with Gasteiger partial charge in [0.25, 0.3) is 0 Å². The van der Waals surface area contributed by atoms with Crippen LogP contribution < -0.4 is 5.73 Å². The summed E-state index contributed by atoms with van der Waals surface area (Å²) in [4.78, 5) is 6.75. The molecule has 0 spiro atoms. The molecule has 1 aromatic rings. The van der Waals surface area contributed by atoms with E-state index in [0.717, 1.165) is 19.0 Å². The van der Waals surface area contributed by atoms with Gasteiger partial charge in [-0.1, -0.05) is 13.0 Å². The van der Waals surface area contributed by atoms with E-state index in [2.05, 4.69) is 29.8 Å². The highest BCUT2D eigenvalue weighted by Gasteiger charge is 2.29. The van der Waals surface area contributed by atoms with Crippen LogP contribution >= 0.6 is 0 Å². The molecule has 3 nitrogen and oxygen atoms in total. The average molecular weight is 233 g/mol. The quantitative estimate of drug-likeness (QED) is 0.870. The standard InChI is InChI=1S/C14H23N3/c1-11-5-7-17(14(8-11)9-15)12(2)13-4-3-6-16-10-13/h3-4,6,10-12,14H,5,7-9,15H2,1-2H3. The smallest absolute Gasteiger partial charge is 0.0338 e. The van der Waals surface area contributed by atoms with Gasteiger partial charge in [0.05, 0.1) is 0 Å². The maximum absolute atomic E-state index is 5.91. The summed E-state index contributed by atoms with van der Waals surface area (Å²) in [5, 5.41) is 0. The van der Waals surface area contributed by atoms with Crippen molar-refractivity contribution in [1.29, 1.82) is 0 Å². The SMILES string of the molecule is CC1CCN(C(C)c2cccnc2)C(CN)C1. The Hall–Kier alpha value is -0.930. The Morgan fingerprint density at radius 1 is 1.59 bits per heavy atom. The van der Waals surface area contributed by atoms with E-state index in [9.17, 15) is 0 Å². The lowest BCUT2D eigenvalue weighted by molar-refractivity contribution is 0.0833. The molecular formula is C14H23N3. The summed E-state index contributed by atoms with van der Waals surface area (Å²) >= 11 is 0. The van der Waals surface area contributed by atoms with Crippen molar-refractivity contribution in [2.24, 2.45) is 11.7 Å². The van der Waals surface area contributed by atoms with Gasteiger partial charge in [0, 0.05) is 31.0 Å². The van der Waals surface area contributed by atoms with Crippen LogP contribution in [0, 0.1) is 5.92 Å². The second kappa shape index (κ2) is 5.61. The molecule has 0 amide bonds. The molecule has 0 bridgehead atoms. The van der Waals surface area contributed by atoms with E-state index in [0.29, 0.717) is 12.1 Å². The van der Waals surface area contributed by atoms with Crippen molar-refractivity contribution in [3.05, 3.63) is 30.1 Å². The molecule has 0 saturated carbocycles. The van der Waals surface area contributed by atoms with Crippen LogP contribution in [0.3, 0.4) is 0 Å². The molecule has 2 rings (SSSR count). The van der Waals surface area contributed by atoms with Gasteiger partial charge in [-0.3, -0.25) is 9.88 Å². The number of nitrogens with zero attached hydrogens (tertiary/aromatic N) is 2. The molecule has 1 aliphatic rings. The van der Waals surface area contributed by atoms with Crippen molar-refractivity contribution in [2.45, 2.75) is 38.8 Å². The topological polar surface area (TPSA) is 42.2 Å². The predicted octanol–water partition coefficient (Wildman–Crippen LogP) is 2.20. The molecule has 1 aliphatic heterocycles. The Bertz CT molecular complexity index is 339. The fraction of sp³-hybridized carbons (Fsp3) is 0.643. The Labute approximate surface area is 104 Å². The van der Waals surface area contributed by atoms with Crippen molar-refractivity contribution in [2.75, 3.05) is 13.1 Å². The van der Waals surface area contributed by atoms with Crippen molar-refractivity contribution >= 4 is 0 Å². The number of likely N-dealkylation sites (tertiary alicyclic amines) is 1. The van der Waals surface area contributed by atoms with E-state index in [4.69, 9.17) is 5.73 Å². The number of hydrogen-bond acceptors (Lipinski definition) is 3. The van der Waals surface area contributed by atoms with Gasteiger partial charge in [0.2, 0.25) is 0 Å². The minimum absolute atomic E-state index is 0.421. The molecule has 2 heterocycles. The number of piperidine rings is 1. The molecule has 1 aromatic heterocycles. The molecule has 0 aliphatic carbocycles. The van der Waals surface area contributed by atoms with Crippen LogP contribution in [0.25, 0.3) is 0 Å². The maximum atomic E-state index is 5.91. The number of rotatable bonds is 3. The second-order valence-corrected chi connectivity index (χ2v) is 5.22. The van der Waals surface area contributed by atoms with E-state index in [1.165, 1.54) is 18.4 Å². The molecule has 1 saturated heterocycles. The van der Waals surface area contributed by atoms with Gasteiger partial charge in [0.15, 0.2) is 0 Å². The van der Waals surface area contributed by atoms with Gasteiger partial charge in [-0.15, -0.1) is 0 Å². The lowest BCUT2D eigenvalue weighted by atomic mass is 9.90. The van der Waals surface area contributed by atoms with E-state index in [1.54, 1.807) is 0 Å². The van der Waals surface area contributed by atoms with Crippen LogP contribution in [-0.2, 0) is 0 Å². The summed E-state index contributed by atoms with van der Waals surface area (Å²) in [6.07, 6.45) is 6.30. The van der Waals surface area contributed by atoms with E-state index >= 15 is 0 Å². The third-order valence-electron chi connectivity index (χ3n) is 3.96. The zero-order chi connectivity index (χ0) is 12.3. The van der Waals surface area contributed by atoms with Gasteiger partial charge in [-0.2, -0.15) is 0 Å². The molecule has 3 unspecified atom stereocenters. The van der Waals surface area contributed by atoms with Crippen molar-refractivity contribution in [3.63, 3.8) is 0 Å². The van der Waals surface area contributed by atoms with E-state index < -0.39 is 0 Å². The number of pyridine rings is 1. The number of hydrogen-bond donors (Lipinski definition) is 1. The van der Waals surface area contributed by atoms with Crippen LogP contribution in [0.1, 0.15) is 38.3 Å². The van der Waals surface area contributed by atoms with Crippen molar-refractivity contribution in [1.82, 2.24) is 9.88 Å². The van der Waals surface area contributed by atoms with Crippen LogP contribution in [0.5, 0.6) is 0 Å². The minimum Gasteiger partial charge on any atom is -0.329 e. The monoisotopic (exact) mass is 233 g/mol. The van der Waals surface area contributed by atoms with Gasteiger partial charge in [-0.25, -0.2) is 0 Å². The van der Waals surface area contributed by atoms with Gasteiger partial charge >= 0.3 is 0 Å². The molecule has 0 radical (unpaired) electrons. The third kappa shape index (κ3) is 2.85. The first-order valence-corrected chi connectivity index (χ1v) is 6.58. The first-order chi connectivity index (χ1) is 8.22. The number of aromatic nitrogens is 1.